The van der Waals surface area contributed by atoms with E-state index in [9.17, 15) is 5.26 Å². The Morgan fingerprint density at radius 3 is 2.73 bits per heavy atom. The second-order valence-electron chi connectivity index (χ2n) is 6.86. The molecule has 26 heavy (non-hydrogen) atoms. The number of nitrogens with zero attached hydrogens (tertiary/aromatic N) is 4. The molecule has 134 valence electrons. The Labute approximate surface area is 154 Å². The lowest BCUT2D eigenvalue weighted by atomic mass is 10.1. The van der Waals surface area contributed by atoms with Crippen LogP contribution in [0.2, 0.25) is 0 Å². The average molecular weight is 347 g/mol. The number of hydrogen-bond donors (Lipinski definition) is 1. The van der Waals surface area contributed by atoms with Crippen LogP contribution in [-0.4, -0.2) is 40.5 Å². The van der Waals surface area contributed by atoms with E-state index in [1.807, 2.05) is 18.2 Å². The molecule has 0 unspecified atom stereocenters. The lowest BCUT2D eigenvalue weighted by Gasteiger charge is -2.20. The van der Waals surface area contributed by atoms with E-state index < -0.39 is 0 Å². The van der Waals surface area contributed by atoms with Gasteiger partial charge in [-0.1, -0.05) is 26.0 Å². The standard InChI is InChI=1S/C21H25N5/c1-3-25(4-2)13-12-23-20-16-9-7-8-15(16)17(14-22)21-24-18-10-5-6-11-19(18)26(20)21/h5-6,10-11,23H,3-4,7-9,12-13H2,1-2H3. The summed E-state index contributed by atoms with van der Waals surface area (Å²) in [5.41, 5.74) is 6.05. The molecule has 2 heterocycles. The first kappa shape index (κ1) is 16.9. The van der Waals surface area contributed by atoms with Crippen molar-refractivity contribution >= 4 is 22.5 Å². The lowest BCUT2D eigenvalue weighted by Crippen LogP contribution is -2.29. The third kappa shape index (κ3) is 2.62. The maximum Gasteiger partial charge on any atom is 0.157 e. The summed E-state index contributed by atoms with van der Waals surface area (Å²) in [6.45, 7) is 8.42. The first-order chi connectivity index (χ1) is 12.8. The molecule has 5 heteroatoms. The topological polar surface area (TPSA) is 56.4 Å². The quantitative estimate of drug-likeness (QED) is 0.740. The molecule has 1 N–H and O–H groups in total. The predicted octanol–water partition coefficient (Wildman–Crippen LogP) is 3.60. The molecule has 0 saturated carbocycles. The van der Waals surface area contributed by atoms with E-state index in [-0.39, 0.29) is 0 Å². The Morgan fingerprint density at radius 1 is 1.19 bits per heavy atom. The molecule has 0 fully saturated rings. The number of pyridine rings is 1. The van der Waals surface area contributed by atoms with Crippen molar-refractivity contribution in [3.8, 4) is 6.07 Å². The molecule has 1 aromatic carbocycles. The zero-order chi connectivity index (χ0) is 18.1. The molecular weight excluding hydrogens is 322 g/mol. The van der Waals surface area contributed by atoms with Crippen molar-refractivity contribution in [1.82, 2.24) is 14.3 Å². The Balaban J connectivity index is 1.86. The molecule has 0 atom stereocenters. The number of anilines is 1. The van der Waals surface area contributed by atoms with Crippen LogP contribution >= 0.6 is 0 Å². The van der Waals surface area contributed by atoms with E-state index in [4.69, 9.17) is 4.98 Å². The van der Waals surface area contributed by atoms with Gasteiger partial charge in [0.25, 0.3) is 0 Å². The van der Waals surface area contributed by atoms with E-state index in [1.54, 1.807) is 0 Å². The smallest absolute Gasteiger partial charge is 0.157 e. The van der Waals surface area contributed by atoms with Gasteiger partial charge in [-0.15, -0.1) is 0 Å². The van der Waals surface area contributed by atoms with Gasteiger partial charge in [-0.3, -0.25) is 4.40 Å². The zero-order valence-electron chi connectivity index (χ0n) is 15.5. The van der Waals surface area contributed by atoms with Crippen LogP contribution in [0.3, 0.4) is 0 Å². The van der Waals surface area contributed by atoms with Crippen LogP contribution in [0.15, 0.2) is 24.3 Å². The molecular formula is C21H25N5. The highest BCUT2D eigenvalue weighted by Gasteiger charge is 2.25. The average Bonchev–Trinajstić information content (AvgIpc) is 3.29. The van der Waals surface area contributed by atoms with Gasteiger partial charge in [0.15, 0.2) is 5.65 Å². The van der Waals surface area contributed by atoms with Crippen LogP contribution in [0.4, 0.5) is 5.82 Å². The van der Waals surface area contributed by atoms with Gasteiger partial charge < -0.3 is 10.2 Å². The molecule has 1 aliphatic rings. The fourth-order valence-electron chi connectivity index (χ4n) is 4.15. The largest absolute Gasteiger partial charge is 0.370 e. The van der Waals surface area contributed by atoms with Crippen molar-refractivity contribution in [3.05, 3.63) is 41.0 Å². The molecule has 0 spiro atoms. The molecule has 0 saturated heterocycles. The van der Waals surface area contributed by atoms with Gasteiger partial charge in [-0.25, -0.2) is 4.98 Å². The van der Waals surface area contributed by atoms with Crippen molar-refractivity contribution in [2.24, 2.45) is 0 Å². The summed E-state index contributed by atoms with van der Waals surface area (Å²) in [7, 11) is 0. The Kier molecular flexibility index (Phi) is 4.52. The number of nitriles is 1. The van der Waals surface area contributed by atoms with E-state index in [0.717, 1.165) is 73.5 Å². The molecule has 1 aliphatic carbocycles. The minimum absolute atomic E-state index is 0.753. The maximum atomic E-state index is 9.80. The molecule has 0 bridgehead atoms. The van der Waals surface area contributed by atoms with Gasteiger partial charge in [0.1, 0.15) is 11.9 Å². The third-order valence-corrected chi connectivity index (χ3v) is 5.54. The second-order valence-corrected chi connectivity index (χ2v) is 6.86. The van der Waals surface area contributed by atoms with Gasteiger partial charge in [0.05, 0.1) is 16.6 Å². The Morgan fingerprint density at radius 2 is 1.96 bits per heavy atom. The van der Waals surface area contributed by atoms with Gasteiger partial charge in [0, 0.05) is 13.1 Å². The minimum Gasteiger partial charge on any atom is -0.370 e. The minimum atomic E-state index is 0.753. The van der Waals surface area contributed by atoms with Crippen molar-refractivity contribution in [1.29, 1.82) is 5.26 Å². The highest BCUT2D eigenvalue weighted by Crippen LogP contribution is 2.36. The summed E-state index contributed by atoms with van der Waals surface area (Å²) in [4.78, 5) is 7.21. The molecule has 2 aromatic heterocycles. The van der Waals surface area contributed by atoms with E-state index in [2.05, 4.69) is 40.6 Å². The number of hydrogen-bond acceptors (Lipinski definition) is 4. The summed E-state index contributed by atoms with van der Waals surface area (Å²) in [6, 6.07) is 10.6. The Hall–Kier alpha value is -2.58. The summed E-state index contributed by atoms with van der Waals surface area (Å²) >= 11 is 0. The Bertz CT molecular complexity index is 991. The van der Waals surface area contributed by atoms with E-state index in [1.165, 1.54) is 11.1 Å². The van der Waals surface area contributed by atoms with Crippen LogP contribution in [0.1, 0.15) is 37.0 Å². The van der Waals surface area contributed by atoms with Crippen molar-refractivity contribution < 1.29 is 0 Å². The van der Waals surface area contributed by atoms with E-state index >= 15 is 0 Å². The third-order valence-electron chi connectivity index (χ3n) is 5.54. The van der Waals surface area contributed by atoms with E-state index in [0.29, 0.717) is 0 Å². The summed E-state index contributed by atoms with van der Waals surface area (Å²) < 4.78 is 2.17. The van der Waals surface area contributed by atoms with Crippen LogP contribution in [0.25, 0.3) is 16.7 Å². The monoisotopic (exact) mass is 347 g/mol. The van der Waals surface area contributed by atoms with Crippen LogP contribution < -0.4 is 5.32 Å². The summed E-state index contributed by atoms with van der Waals surface area (Å²) in [6.07, 6.45) is 3.11. The van der Waals surface area contributed by atoms with Gasteiger partial charge in [-0.2, -0.15) is 5.26 Å². The fraction of sp³-hybridized carbons (Fsp3) is 0.429. The number of likely N-dealkylation sites (N-methyl/N-ethyl adjacent to an activating group) is 1. The van der Waals surface area contributed by atoms with Crippen molar-refractivity contribution in [3.63, 3.8) is 0 Å². The zero-order valence-corrected chi connectivity index (χ0v) is 15.5. The van der Waals surface area contributed by atoms with Gasteiger partial charge in [0.2, 0.25) is 0 Å². The molecule has 3 aromatic rings. The highest BCUT2D eigenvalue weighted by molar-refractivity contribution is 5.86. The van der Waals surface area contributed by atoms with Gasteiger partial charge >= 0.3 is 0 Å². The summed E-state index contributed by atoms with van der Waals surface area (Å²) in [5, 5.41) is 13.5. The van der Waals surface area contributed by atoms with Gasteiger partial charge in [-0.05, 0) is 55.6 Å². The molecule has 5 nitrogen and oxygen atoms in total. The number of aromatic nitrogens is 2. The van der Waals surface area contributed by atoms with Crippen molar-refractivity contribution in [2.75, 3.05) is 31.5 Å². The SMILES string of the molecule is CCN(CC)CCNc1c2c(c(C#N)c3nc4ccccc4n13)CCC2. The van der Waals surface area contributed by atoms with Crippen LogP contribution in [0.5, 0.6) is 0 Å². The molecule has 0 radical (unpaired) electrons. The number of fused-ring (bicyclic) bond motifs is 4. The van der Waals surface area contributed by atoms with Crippen molar-refractivity contribution in [2.45, 2.75) is 33.1 Å². The number of rotatable bonds is 6. The predicted molar refractivity (Wildman–Crippen MR) is 106 cm³/mol. The highest BCUT2D eigenvalue weighted by atomic mass is 15.2. The fourth-order valence-corrected chi connectivity index (χ4v) is 4.15. The first-order valence-corrected chi connectivity index (χ1v) is 9.59. The number of imidazole rings is 1. The molecule has 0 amide bonds. The summed E-state index contributed by atoms with van der Waals surface area (Å²) in [5.74, 6) is 1.13. The lowest BCUT2D eigenvalue weighted by molar-refractivity contribution is 0.316. The normalized spacial score (nSPS) is 13.5. The molecule has 4 rings (SSSR count). The number of benzene rings is 1. The van der Waals surface area contributed by atoms with Crippen LogP contribution in [-0.2, 0) is 12.8 Å². The first-order valence-electron chi connectivity index (χ1n) is 9.59. The molecule has 0 aliphatic heterocycles. The number of para-hydroxylation sites is 2. The maximum absolute atomic E-state index is 9.80. The number of nitrogens with one attached hydrogen (secondary N) is 1. The second kappa shape index (κ2) is 6.97. The van der Waals surface area contributed by atoms with Crippen LogP contribution in [0, 0.1) is 11.3 Å².